The van der Waals surface area contributed by atoms with E-state index in [-0.39, 0.29) is 12.5 Å². The maximum Gasteiger partial charge on any atom is 0.224 e. The molecule has 20 heavy (non-hydrogen) atoms. The molecule has 0 aromatic rings. The average Bonchev–Trinajstić information content (AvgIpc) is 2.47. The molecule has 1 saturated heterocycles. The number of carbonyl (C=O) groups is 1. The minimum Gasteiger partial charge on any atom is -0.303 e. The van der Waals surface area contributed by atoms with E-state index >= 15 is 0 Å². The Labute approximate surface area is 121 Å². The zero-order valence-electron chi connectivity index (χ0n) is 12.2. The van der Waals surface area contributed by atoms with Crippen molar-refractivity contribution in [1.29, 1.82) is 0 Å². The van der Waals surface area contributed by atoms with E-state index in [0.29, 0.717) is 6.54 Å². The van der Waals surface area contributed by atoms with E-state index in [1.165, 1.54) is 10.4 Å². The molecule has 0 N–H and O–H groups in total. The third-order valence-electron chi connectivity index (χ3n) is 3.55. The minimum absolute atomic E-state index is 0.190. The molecule has 0 aromatic carbocycles. The van der Waals surface area contributed by atoms with Crippen LogP contribution in [0.4, 0.5) is 0 Å². The number of aldehydes is 1. The van der Waals surface area contributed by atoms with Crippen molar-refractivity contribution in [3.05, 3.63) is 36.5 Å². The van der Waals surface area contributed by atoms with E-state index < -0.39 is 15.3 Å². The number of allylic oxidation sites excluding steroid dienone is 3. The number of carbonyl (C=O) groups excluding carboxylic acids is 1. The number of hydrogen-bond donors (Lipinski definition) is 0. The second-order valence-electron chi connectivity index (χ2n) is 5.03. The molecule has 0 amide bonds. The lowest BCUT2D eigenvalue weighted by Crippen LogP contribution is -2.44. The Bertz CT molecular complexity index is 505. The molecule has 0 bridgehead atoms. The topological polar surface area (TPSA) is 54.5 Å². The van der Waals surface area contributed by atoms with Gasteiger partial charge in [-0.2, -0.15) is 0 Å². The van der Waals surface area contributed by atoms with E-state index in [1.54, 1.807) is 12.2 Å². The first-order valence-electron chi connectivity index (χ1n) is 6.83. The van der Waals surface area contributed by atoms with Gasteiger partial charge >= 0.3 is 0 Å². The van der Waals surface area contributed by atoms with E-state index in [0.717, 1.165) is 24.7 Å². The highest BCUT2D eigenvalue weighted by Crippen LogP contribution is 2.21. The zero-order valence-corrected chi connectivity index (χ0v) is 13.0. The molecular formula is C15H23NO3S. The summed E-state index contributed by atoms with van der Waals surface area (Å²) in [5, 5.41) is -0.747. The van der Waals surface area contributed by atoms with Crippen molar-refractivity contribution in [3.8, 4) is 0 Å². The molecule has 0 saturated carbocycles. The lowest BCUT2D eigenvalue weighted by Gasteiger charge is -2.31. The van der Waals surface area contributed by atoms with Gasteiger partial charge in [0.15, 0.2) is 0 Å². The third-order valence-corrected chi connectivity index (χ3v) is 5.64. The van der Waals surface area contributed by atoms with Gasteiger partial charge in [0.05, 0.1) is 0 Å². The van der Waals surface area contributed by atoms with E-state index in [1.807, 2.05) is 19.9 Å². The normalized spacial score (nSPS) is 23.7. The molecule has 112 valence electrons. The van der Waals surface area contributed by atoms with Gasteiger partial charge in [0.2, 0.25) is 10.0 Å². The van der Waals surface area contributed by atoms with Crippen LogP contribution in [0.15, 0.2) is 36.5 Å². The summed E-state index contributed by atoms with van der Waals surface area (Å²) >= 11 is 0. The smallest absolute Gasteiger partial charge is 0.224 e. The largest absolute Gasteiger partial charge is 0.303 e. The fraction of sp³-hybridized carbons (Fsp3) is 0.533. The first kappa shape index (κ1) is 16.9. The van der Waals surface area contributed by atoms with Crippen LogP contribution in [-0.2, 0) is 14.8 Å². The van der Waals surface area contributed by atoms with Crippen molar-refractivity contribution < 1.29 is 13.2 Å². The van der Waals surface area contributed by atoms with Crippen LogP contribution in [-0.4, -0.2) is 37.3 Å². The molecule has 5 heteroatoms. The van der Waals surface area contributed by atoms with Crippen LogP contribution >= 0.6 is 0 Å². The molecule has 2 atom stereocenters. The molecule has 1 aliphatic heterocycles. The summed E-state index contributed by atoms with van der Waals surface area (Å²) in [6.45, 7) is 8.19. The lowest BCUT2D eigenvalue weighted by atomic mass is 10.0. The number of nitrogens with zero attached hydrogens (tertiary/aromatic N) is 1. The van der Waals surface area contributed by atoms with Crippen molar-refractivity contribution in [1.82, 2.24) is 4.31 Å². The Kier molecular flexibility index (Phi) is 6.36. The summed E-state index contributed by atoms with van der Waals surface area (Å²) in [5.74, 6) is -0.190. The number of piperidine rings is 1. The molecule has 0 aliphatic carbocycles. The average molecular weight is 297 g/mol. The summed E-state index contributed by atoms with van der Waals surface area (Å²) in [6, 6.07) is 0. The standard InChI is InChI=1S/C15H23NO3S/c1-4-13(3)8-9-15(5-2)20(18,19)16-10-6-7-14(11-16)12-17/h4-5,8-9,12,14-15H,2,6-7,10-11H2,1,3H3/b9-8-,13-4-. The number of sulfonamides is 1. The van der Waals surface area contributed by atoms with Crippen LogP contribution in [0.2, 0.25) is 0 Å². The summed E-state index contributed by atoms with van der Waals surface area (Å²) < 4.78 is 26.5. The Morgan fingerprint density at radius 1 is 1.45 bits per heavy atom. The molecule has 1 aliphatic rings. The van der Waals surface area contributed by atoms with Crippen LogP contribution in [0.25, 0.3) is 0 Å². The van der Waals surface area contributed by atoms with Gasteiger partial charge in [-0.1, -0.05) is 29.9 Å². The first-order valence-corrected chi connectivity index (χ1v) is 8.34. The van der Waals surface area contributed by atoms with Crippen LogP contribution in [0.5, 0.6) is 0 Å². The molecule has 1 rings (SSSR count). The van der Waals surface area contributed by atoms with Crippen molar-refractivity contribution in [2.75, 3.05) is 13.1 Å². The van der Waals surface area contributed by atoms with Gasteiger partial charge in [-0.3, -0.25) is 0 Å². The predicted molar refractivity (Wildman–Crippen MR) is 81.8 cm³/mol. The summed E-state index contributed by atoms with van der Waals surface area (Å²) in [6.07, 6.45) is 9.11. The maximum absolute atomic E-state index is 12.5. The van der Waals surface area contributed by atoms with Crippen molar-refractivity contribution in [3.63, 3.8) is 0 Å². The summed E-state index contributed by atoms with van der Waals surface area (Å²) in [5.41, 5.74) is 0.997. The Morgan fingerprint density at radius 3 is 2.70 bits per heavy atom. The van der Waals surface area contributed by atoms with E-state index in [4.69, 9.17) is 0 Å². The minimum atomic E-state index is -3.48. The summed E-state index contributed by atoms with van der Waals surface area (Å²) in [7, 11) is -3.48. The van der Waals surface area contributed by atoms with Crippen LogP contribution < -0.4 is 0 Å². The van der Waals surface area contributed by atoms with E-state index in [2.05, 4.69) is 6.58 Å². The van der Waals surface area contributed by atoms with Gasteiger partial charge in [0, 0.05) is 19.0 Å². The van der Waals surface area contributed by atoms with Crippen molar-refractivity contribution in [2.24, 2.45) is 5.92 Å². The van der Waals surface area contributed by atoms with Crippen molar-refractivity contribution >= 4 is 16.3 Å². The molecule has 0 spiro atoms. The molecular weight excluding hydrogens is 274 g/mol. The second kappa shape index (κ2) is 7.55. The van der Waals surface area contributed by atoms with Gasteiger partial charge in [-0.15, -0.1) is 6.58 Å². The monoisotopic (exact) mass is 297 g/mol. The Balaban J connectivity index is 2.91. The number of hydrogen-bond acceptors (Lipinski definition) is 3. The van der Waals surface area contributed by atoms with Gasteiger partial charge in [-0.05, 0) is 26.7 Å². The Morgan fingerprint density at radius 2 is 2.15 bits per heavy atom. The van der Waals surface area contributed by atoms with Gasteiger partial charge in [-0.25, -0.2) is 12.7 Å². The fourth-order valence-corrected chi connectivity index (χ4v) is 3.78. The summed E-state index contributed by atoms with van der Waals surface area (Å²) in [4.78, 5) is 10.9. The molecule has 0 aromatic heterocycles. The van der Waals surface area contributed by atoms with Crippen molar-refractivity contribution in [2.45, 2.75) is 31.9 Å². The molecule has 1 heterocycles. The van der Waals surface area contributed by atoms with Crippen LogP contribution in [0.1, 0.15) is 26.7 Å². The molecule has 2 unspecified atom stereocenters. The highest BCUT2D eigenvalue weighted by atomic mass is 32.2. The fourth-order valence-electron chi connectivity index (χ4n) is 2.13. The molecule has 4 nitrogen and oxygen atoms in total. The van der Waals surface area contributed by atoms with Gasteiger partial charge in [0.1, 0.15) is 11.5 Å². The molecule has 0 radical (unpaired) electrons. The predicted octanol–water partition coefficient (Wildman–Crippen LogP) is 2.30. The first-order chi connectivity index (χ1) is 9.45. The third kappa shape index (κ3) is 4.15. The lowest BCUT2D eigenvalue weighted by molar-refractivity contribution is -0.112. The highest BCUT2D eigenvalue weighted by Gasteiger charge is 2.32. The Hall–Kier alpha value is -1.20. The SMILES string of the molecule is C=CC(/C=C\C(C)=C/C)S(=O)(=O)N1CCCC(C=O)C1. The zero-order chi connectivity index (χ0) is 15.2. The van der Waals surface area contributed by atoms with Crippen LogP contribution in [0, 0.1) is 5.92 Å². The van der Waals surface area contributed by atoms with Gasteiger partial charge < -0.3 is 4.79 Å². The van der Waals surface area contributed by atoms with Crippen LogP contribution in [0.3, 0.4) is 0 Å². The second-order valence-corrected chi connectivity index (χ2v) is 7.12. The maximum atomic E-state index is 12.5. The molecule has 1 fully saturated rings. The number of rotatable bonds is 6. The quantitative estimate of drug-likeness (QED) is 0.429. The highest BCUT2D eigenvalue weighted by molar-refractivity contribution is 7.90. The van der Waals surface area contributed by atoms with E-state index in [9.17, 15) is 13.2 Å². The van der Waals surface area contributed by atoms with Gasteiger partial charge in [0.25, 0.3) is 0 Å².